The summed E-state index contributed by atoms with van der Waals surface area (Å²) >= 11 is 0. The first kappa shape index (κ1) is 9.33. The van der Waals surface area contributed by atoms with Gasteiger partial charge in [0.25, 0.3) is 5.91 Å². The highest BCUT2D eigenvalue weighted by atomic mass is 16.1. The molecule has 1 N–H and O–H groups in total. The zero-order chi connectivity index (χ0) is 10.0. The molecule has 1 amide bonds. The van der Waals surface area contributed by atoms with Crippen molar-refractivity contribution in [2.45, 2.75) is 13.8 Å². The van der Waals surface area contributed by atoms with Crippen LogP contribution >= 0.6 is 0 Å². The van der Waals surface area contributed by atoms with Gasteiger partial charge in [-0.1, -0.05) is 0 Å². The number of anilines is 1. The minimum Gasteiger partial charge on any atom is -0.312 e. The first-order chi connectivity index (χ1) is 6.06. The lowest BCUT2D eigenvalue weighted by Crippen LogP contribution is -2.09. The second kappa shape index (κ2) is 3.31. The third kappa shape index (κ3) is 1.70. The zero-order valence-electron chi connectivity index (χ0n) is 7.88. The summed E-state index contributed by atoms with van der Waals surface area (Å²) in [5, 5.41) is 6.72. The first-order valence-electron chi connectivity index (χ1n) is 3.84. The van der Waals surface area contributed by atoms with E-state index in [-0.39, 0.29) is 0 Å². The number of terminal acetylenes is 1. The molecule has 0 atom stereocenters. The number of hydrogen-bond donors (Lipinski definition) is 1. The van der Waals surface area contributed by atoms with E-state index in [1.165, 1.54) is 0 Å². The van der Waals surface area contributed by atoms with Gasteiger partial charge in [0.2, 0.25) is 0 Å². The molecule has 0 saturated carbocycles. The molecule has 0 aliphatic carbocycles. The number of hydrogen-bond acceptors (Lipinski definition) is 2. The molecule has 0 saturated heterocycles. The molecule has 1 aromatic heterocycles. The third-order valence-electron chi connectivity index (χ3n) is 1.88. The Kier molecular flexibility index (Phi) is 2.38. The standard InChI is InChI=1S/C9H11N3O/c1-5-8(13)10-9-6(2)11-12(4)7(9)3/h1H,2-4H3,(H,10,13). The Balaban J connectivity index is 3.02. The molecule has 0 radical (unpaired) electrons. The van der Waals surface area contributed by atoms with Gasteiger partial charge >= 0.3 is 0 Å². The maximum Gasteiger partial charge on any atom is 0.300 e. The van der Waals surface area contributed by atoms with Gasteiger partial charge in [0.05, 0.1) is 17.1 Å². The second-order valence-corrected chi connectivity index (χ2v) is 2.77. The molecule has 68 valence electrons. The van der Waals surface area contributed by atoms with Gasteiger partial charge in [-0.3, -0.25) is 9.48 Å². The van der Waals surface area contributed by atoms with Crippen LogP contribution in [0, 0.1) is 26.2 Å². The predicted molar refractivity (Wildman–Crippen MR) is 50.1 cm³/mol. The fourth-order valence-electron chi connectivity index (χ4n) is 1.10. The Labute approximate surface area is 76.9 Å². The molecule has 0 aliphatic rings. The molecule has 0 aliphatic heterocycles. The van der Waals surface area contributed by atoms with Gasteiger partial charge in [-0.05, 0) is 19.8 Å². The number of amides is 1. The van der Waals surface area contributed by atoms with Crippen LogP contribution in [0.25, 0.3) is 0 Å². The van der Waals surface area contributed by atoms with E-state index in [9.17, 15) is 4.79 Å². The van der Waals surface area contributed by atoms with Crippen molar-refractivity contribution in [3.8, 4) is 12.3 Å². The Morgan fingerprint density at radius 3 is 2.62 bits per heavy atom. The van der Waals surface area contributed by atoms with Crippen molar-refractivity contribution in [1.82, 2.24) is 9.78 Å². The average molecular weight is 177 g/mol. The van der Waals surface area contributed by atoms with Crippen LogP contribution in [0.2, 0.25) is 0 Å². The highest BCUT2D eigenvalue weighted by Gasteiger charge is 2.10. The quantitative estimate of drug-likeness (QED) is 0.639. The van der Waals surface area contributed by atoms with E-state index in [0.29, 0.717) is 5.69 Å². The van der Waals surface area contributed by atoms with Crippen molar-refractivity contribution in [1.29, 1.82) is 0 Å². The highest BCUT2D eigenvalue weighted by Crippen LogP contribution is 2.17. The maximum atomic E-state index is 10.9. The third-order valence-corrected chi connectivity index (χ3v) is 1.88. The lowest BCUT2D eigenvalue weighted by Gasteiger charge is -2.00. The number of nitrogens with zero attached hydrogens (tertiary/aromatic N) is 2. The van der Waals surface area contributed by atoms with Crippen LogP contribution in [0.3, 0.4) is 0 Å². The normalized spacial score (nSPS) is 9.38. The zero-order valence-corrected chi connectivity index (χ0v) is 7.88. The van der Waals surface area contributed by atoms with E-state index < -0.39 is 5.91 Å². The van der Waals surface area contributed by atoms with Gasteiger partial charge in [-0.15, -0.1) is 6.42 Å². The van der Waals surface area contributed by atoms with Gasteiger partial charge in [0, 0.05) is 7.05 Å². The van der Waals surface area contributed by atoms with Gasteiger partial charge < -0.3 is 5.32 Å². The molecule has 1 heterocycles. The SMILES string of the molecule is C#CC(=O)Nc1c(C)nn(C)c1C. The molecule has 0 aromatic carbocycles. The van der Waals surface area contributed by atoms with Crippen LogP contribution in [-0.4, -0.2) is 15.7 Å². The second-order valence-electron chi connectivity index (χ2n) is 2.77. The molecule has 0 bridgehead atoms. The van der Waals surface area contributed by atoms with Crippen LogP contribution in [-0.2, 0) is 11.8 Å². The largest absolute Gasteiger partial charge is 0.312 e. The van der Waals surface area contributed by atoms with Crippen LogP contribution in [0.4, 0.5) is 5.69 Å². The molecule has 13 heavy (non-hydrogen) atoms. The van der Waals surface area contributed by atoms with Crippen molar-refractivity contribution in [3.63, 3.8) is 0 Å². The summed E-state index contributed by atoms with van der Waals surface area (Å²) < 4.78 is 1.70. The van der Waals surface area contributed by atoms with Gasteiger partial charge in [-0.2, -0.15) is 5.10 Å². The Morgan fingerprint density at radius 1 is 1.62 bits per heavy atom. The van der Waals surface area contributed by atoms with Crippen LogP contribution in [0.1, 0.15) is 11.4 Å². The highest BCUT2D eigenvalue weighted by molar-refractivity contribution is 6.04. The number of carbonyl (C=O) groups excluding carboxylic acids is 1. The minimum absolute atomic E-state index is 0.445. The Hall–Kier alpha value is -1.76. The summed E-state index contributed by atoms with van der Waals surface area (Å²) in [6.45, 7) is 3.69. The maximum absolute atomic E-state index is 10.9. The van der Waals surface area contributed by atoms with Crippen LogP contribution < -0.4 is 5.32 Å². The lowest BCUT2D eigenvalue weighted by molar-refractivity contribution is -0.111. The summed E-state index contributed by atoms with van der Waals surface area (Å²) in [7, 11) is 1.81. The summed E-state index contributed by atoms with van der Waals surface area (Å²) in [6.07, 6.45) is 4.94. The first-order valence-corrected chi connectivity index (χ1v) is 3.84. The number of rotatable bonds is 1. The molecule has 4 nitrogen and oxygen atoms in total. The molecular weight excluding hydrogens is 166 g/mol. The van der Waals surface area contributed by atoms with Crippen molar-refractivity contribution in [2.24, 2.45) is 7.05 Å². The molecule has 0 unspecified atom stereocenters. The van der Waals surface area contributed by atoms with Crippen molar-refractivity contribution in [2.75, 3.05) is 5.32 Å². The smallest absolute Gasteiger partial charge is 0.300 e. The van der Waals surface area contributed by atoms with Crippen LogP contribution in [0.15, 0.2) is 0 Å². The van der Waals surface area contributed by atoms with Crippen molar-refractivity contribution < 1.29 is 4.79 Å². The number of aryl methyl sites for hydroxylation is 2. The predicted octanol–water partition coefficient (Wildman–Crippen LogP) is 0.609. The number of carbonyl (C=O) groups is 1. The van der Waals surface area contributed by atoms with Crippen LogP contribution in [0.5, 0.6) is 0 Å². The summed E-state index contributed by atoms with van der Waals surface area (Å²) in [6, 6.07) is 0. The van der Waals surface area contributed by atoms with E-state index in [1.54, 1.807) is 4.68 Å². The molecule has 4 heteroatoms. The fraction of sp³-hybridized carbons (Fsp3) is 0.333. The minimum atomic E-state index is -0.445. The Morgan fingerprint density at radius 2 is 2.23 bits per heavy atom. The molecule has 0 spiro atoms. The van der Waals surface area contributed by atoms with E-state index in [1.807, 2.05) is 26.8 Å². The van der Waals surface area contributed by atoms with Crippen molar-refractivity contribution in [3.05, 3.63) is 11.4 Å². The summed E-state index contributed by atoms with van der Waals surface area (Å²) in [5.41, 5.74) is 2.36. The molecule has 1 aromatic rings. The summed E-state index contributed by atoms with van der Waals surface area (Å²) in [5.74, 6) is 1.54. The van der Waals surface area contributed by atoms with E-state index in [0.717, 1.165) is 11.4 Å². The van der Waals surface area contributed by atoms with E-state index in [4.69, 9.17) is 6.42 Å². The molecule has 1 rings (SSSR count). The Bertz CT molecular complexity index is 384. The summed E-state index contributed by atoms with van der Waals surface area (Å²) in [4.78, 5) is 10.9. The number of aromatic nitrogens is 2. The average Bonchev–Trinajstić information content (AvgIpc) is 2.32. The van der Waals surface area contributed by atoms with Crippen molar-refractivity contribution >= 4 is 11.6 Å². The monoisotopic (exact) mass is 177 g/mol. The van der Waals surface area contributed by atoms with Gasteiger partial charge in [0.1, 0.15) is 0 Å². The molecular formula is C9H11N3O. The van der Waals surface area contributed by atoms with E-state index in [2.05, 4.69) is 10.4 Å². The number of nitrogens with one attached hydrogen (secondary N) is 1. The van der Waals surface area contributed by atoms with Gasteiger partial charge in [0.15, 0.2) is 0 Å². The fourth-order valence-corrected chi connectivity index (χ4v) is 1.10. The topological polar surface area (TPSA) is 46.9 Å². The van der Waals surface area contributed by atoms with Gasteiger partial charge in [-0.25, -0.2) is 0 Å². The molecule has 0 fully saturated rings. The van der Waals surface area contributed by atoms with E-state index >= 15 is 0 Å². The lowest BCUT2D eigenvalue weighted by atomic mass is 10.3.